The summed E-state index contributed by atoms with van der Waals surface area (Å²) in [6.07, 6.45) is 0. The Labute approximate surface area is 175 Å². The molecule has 3 N–H and O–H groups in total. The summed E-state index contributed by atoms with van der Waals surface area (Å²) < 4.78 is 16.7. The van der Waals surface area contributed by atoms with Crippen molar-refractivity contribution in [3.8, 4) is 0 Å². The van der Waals surface area contributed by atoms with Crippen LogP contribution in [0.1, 0.15) is 29.6 Å². The predicted octanol–water partition coefficient (Wildman–Crippen LogP) is 2.93. The summed E-state index contributed by atoms with van der Waals surface area (Å²) in [5.74, 6) is -2.08. The van der Waals surface area contributed by atoms with Crippen LogP contribution in [0.3, 0.4) is 0 Å². The van der Waals surface area contributed by atoms with Crippen LogP contribution in [0.15, 0.2) is 33.5 Å². The number of aromatic nitrogens is 1. The lowest BCUT2D eigenvalue weighted by molar-refractivity contribution is 0.0689. The molecule has 8 nitrogen and oxygen atoms in total. The molecule has 1 saturated heterocycles. The molecule has 0 spiro atoms. The molecule has 1 aromatic heterocycles. The predicted molar refractivity (Wildman–Crippen MR) is 112 cm³/mol. The smallest absolute Gasteiger partial charge is 0.342 e. The quantitative estimate of drug-likeness (QED) is 0.630. The van der Waals surface area contributed by atoms with Gasteiger partial charge in [-0.2, -0.15) is 0 Å². The van der Waals surface area contributed by atoms with Gasteiger partial charge in [-0.1, -0.05) is 11.8 Å². The minimum Gasteiger partial charge on any atom is -0.509 e. The summed E-state index contributed by atoms with van der Waals surface area (Å²) in [5, 5.41) is 28.9. The van der Waals surface area contributed by atoms with Crippen molar-refractivity contribution in [1.82, 2.24) is 9.47 Å². The van der Waals surface area contributed by atoms with E-state index in [1.54, 1.807) is 10.6 Å². The fourth-order valence-corrected chi connectivity index (χ4v) is 5.09. The molecule has 3 heterocycles. The number of allylic oxidation sites excluding steroid dienone is 1. The molecule has 2 aromatic rings. The zero-order valence-corrected chi connectivity index (χ0v) is 17.4. The highest BCUT2D eigenvalue weighted by atomic mass is 32.2. The van der Waals surface area contributed by atoms with Gasteiger partial charge in [0.25, 0.3) is 0 Å². The second kappa shape index (κ2) is 7.51. The molecule has 0 saturated carbocycles. The van der Waals surface area contributed by atoms with Gasteiger partial charge in [-0.3, -0.25) is 9.69 Å². The molecule has 160 valence electrons. The van der Waals surface area contributed by atoms with Crippen LogP contribution in [0.25, 0.3) is 10.9 Å². The first kappa shape index (κ1) is 20.5. The Kier molecular flexibility index (Phi) is 5.15. The van der Waals surface area contributed by atoms with Crippen molar-refractivity contribution >= 4 is 34.3 Å². The maximum Gasteiger partial charge on any atom is 0.342 e. The maximum atomic E-state index is 14.9. The molecule has 0 amide bonds. The number of pyridine rings is 1. The van der Waals surface area contributed by atoms with Gasteiger partial charge in [0, 0.05) is 31.6 Å². The highest BCUT2D eigenvalue weighted by Crippen LogP contribution is 2.46. The summed E-state index contributed by atoms with van der Waals surface area (Å²) in [6.45, 7) is 5.70. The van der Waals surface area contributed by atoms with Crippen molar-refractivity contribution in [2.45, 2.75) is 24.2 Å². The van der Waals surface area contributed by atoms with Crippen molar-refractivity contribution in [2.24, 2.45) is 0 Å². The number of benzene rings is 1. The van der Waals surface area contributed by atoms with Gasteiger partial charge in [-0.25, -0.2) is 9.18 Å². The van der Waals surface area contributed by atoms with Crippen LogP contribution in [0.2, 0.25) is 0 Å². The molecule has 10 heteroatoms. The maximum absolute atomic E-state index is 14.9. The lowest BCUT2D eigenvalue weighted by atomic mass is 10.1. The third kappa shape index (κ3) is 3.29. The normalized spacial score (nSPS) is 20.0. The first-order valence-corrected chi connectivity index (χ1v) is 10.4. The Bertz CT molecular complexity index is 1130. The van der Waals surface area contributed by atoms with Gasteiger partial charge in [0.2, 0.25) is 5.43 Å². The number of halogens is 1. The highest BCUT2D eigenvalue weighted by molar-refractivity contribution is 8.00. The Morgan fingerprint density at radius 2 is 1.87 bits per heavy atom. The van der Waals surface area contributed by atoms with Crippen LogP contribution in [-0.4, -0.2) is 63.5 Å². The molecular weight excluding hydrogens is 413 g/mol. The second-order valence-corrected chi connectivity index (χ2v) is 8.82. The fraction of sp³-hybridized carbons (Fsp3) is 0.400. The first-order valence-electron chi connectivity index (χ1n) is 9.55. The molecule has 0 radical (unpaired) electrons. The summed E-state index contributed by atoms with van der Waals surface area (Å²) in [5.41, 5.74) is -0.0819. The summed E-state index contributed by atoms with van der Waals surface area (Å²) in [4.78, 5) is 28.1. The Balaban J connectivity index is 1.68. The molecule has 2 aliphatic rings. The highest BCUT2D eigenvalue weighted by Gasteiger charge is 2.33. The number of carboxylic acid groups (broad SMARTS) is 1. The van der Waals surface area contributed by atoms with E-state index in [2.05, 4.69) is 0 Å². The van der Waals surface area contributed by atoms with Crippen LogP contribution < -0.4 is 10.3 Å². The molecule has 1 unspecified atom stereocenters. The summed E-state index contributed by atoms with van der Waals surface area (Å²) in [6, 6.07) is 2.76. The van der Waals surface area contributed by atoms with Crippen LogP contribution in [-0.2, 0) is 0 Å². The van der Waals surface area contributed by atoms with Crippen LogP contribution in [0.5, 0.6) is 0 Å². The molecule has 2 aliphatic heterocycles. The number of hydrogen-bond donors (Lipinski definition) is 3. The minimum absolute atomic E-state index is 0.0483. The van der Waals surface area contributed by atoms with E-state index < -0.39 is 17.2 Å². The van der Waals surface area contributed by atoms with Gasteiger partial charge < -0.3 is 24.8 Å². The topological polar surface area (TPSA) is 106 Å². The van der Waals surface area contributed by atoms with Gasteiger partial charge in [-0.05, 0) is 26.0 Å². The largest absolute Gasteiger partial charge is 0.509 e. The van der Waals surface area contributed by atoms with Crippen molar-refractivity contribution in [3.63, 3.8) is 0 Å². The first-order chi connectivity index (χ1) is 14.2. The number of aliphatic hydroxyl groups excluding tert-OH is 2. The van der Waals surface area contributed by atoms with Gasteiger partial charge in [0.1, 0.15) is 22.9 Å². The molecule has 4 rings (SSSR count). The van der Waals surface area contributed by atoms with E-state index in [1.807, 2.05) is 16.7 Å². The van der Waals surface area contributed by atoms with E-state index >= 15 is 0 Å². The van der Waals surface area contributed by atoms with E-state index in [4.69, 9.17) is 0 Å². The Hall–Kier alpha value is -2.72. The number of nitrogens with zero attached hydrogens (tertiary/aromatic N) is 3. The number of carboxylic acids is 1. The summed E-state index contributed by atoms with van der Waals surface area (Å²) in [7, 11) is 0. The number of carbonyl (C=O) groups is 1. The number of rotatable bonds is 4. The van der Waals surface area contributed by atoms with E-state index in [0.29, 0.717) is 42.4 Å². The van der Waals surface area contributed by atoms with E-state index in [1.165, 1.54) is 18.7 Å². The summed E-state index contributed by atoms with van der Waals surface area (Å²) >= 11 is 1.31. The SMILES string of the molecule is C/C(O)=C(/O)CN1CCN(c2cc3c(cc2F)c(=O)c(C(=O)O)c2n3C(C)S2)CC1. The Morgan fingerprint density at radius 3 is 2.43 bits per heavy atom. The number of thioether (sulfide) groups is 1. The number of anilines is 1. The number of fused-ring (bicyclic) bond motifs is 3. The van der Waals surface area contributed by atoms with E-state index in [-0.39, 0.29) is 34.4 Å². The van der Waals surface area contributed by atoms with Crippen LogP contribution in [0.4, 0.5) is 10.1 Å². The van der Waals surface area contributed by atoms with Crippen LogP contribution in [0, 0.1) is 5.82 Å². The molecule has 0 aliphatic carbocycles. The van der Waals surface area contributed by atoms with Crippen molar-refractivity contribution in [1.29, 1.82) is 0 Å². The van der Waals surface area contributed by atoms with Crippen molar-refractivity contribution in [2.75, 3.05) is 37.6 Å². The number of piperazine rings is 1. The van der Waals surface area contributed by atoms with Crippen LogP contribution >= 0.6 is 11.8 Å². The van der Waals surface area contributed by atoms with E-state index in [9.17, 15) is 29.3 Å². The van der Waals surface area contributed by atoms with E-state index in [0.717, 1.165) is 6.07 Å². The number of aliphatic hydroxyl groups is 2. The number of hydrogen-bond acceptors (Lipinski definition) is 7. The average Bonchev–Trinajstić information content (AvgIpc) is 2.68. The molecule has 1 aromatic carbocycles. The minimum atomic E-state index is -1.30. The Morgan fingerprint density at radius 1 is 1.20 bits per heavy atom. The molecule has 1 atom stereocenters. The average molecular weight is 435 g/mol. The van der Waals surface area contributed by atoms with Crippen molar-refractivity contribution < 1.29 is 24.5 Å². The van der Waals surface area contributed by atoms with Crippen molar-refractivity contribution in [3.05, 3.63) is 45.3 Å². The monoisotopic (exact) mass is 435 g/mol. The molecule has 30 heavy (non-hydrogen) atoms. The number of aromatic carboxylic acids is 1. The standard InChI is InChI=1S/C20H22FN3O5S/c1-10(25)16(26)9-22-3-5-23(6-4-22)15-8-14-12(7-13(15)21)18(27)17(20(28)29)19-24(14)11(2)30-19/h7-8,11,25-26H,3-6,9H2,1-2H3,(H,28,29)/b16-10-. The zero-order chi connectivity index (χ0) is 21.7. The van der Waals surface area contributed by atoms with Gasteiger partial charge in [-0.15, -0.1) is 0 Å². The van der Waals surface area contributed by atoms with Gasteiger partial charge in [0.05, 0.1) is 28.1 Å². The lowest BCUT2D eigenvalue weighted by Gasteiger charge is -2.37. The fourth-order valence-electron chi connectivity index (χ4n) is 3.94. The zero-order valence-electron chi connectivity index (χ0n) is 16.6. The van der Waals surface area contributed by atoms with Gasteiger partial charge in [0.15, 0.2) is 0 Å². The lowest BCUT2D eigenvalue weighted by Crippen LogP contribution is -2.47. The third-order valence-corrected chi connectivity index (χ3v) is 6.77. The van der Waals surface area contributed by atoms with Gasteiger partial charge >= 0.3 is 5.97 Å². The molecular formula is C20H22FN3O5S. The third-order valence-electron chi connectivity index (χ3n) is 5.59. The molecule has 1 fully saturated rings. The molecule has 0 bridgehead atoms. The second-order valence-electron chi connectivity index (χ2n) is 7.52.